The highest BCUT2D eigenvalue weighted by Gasteiger charge is 2.16. The van der Waals surface area contributed by atoms with Crippen molar-refractivity contribution < 1.29 is 9.90 Å². The average molecular weight is 511 g/mol. The molecule has 0 saturated heterocycles. The fourth-order valence-corrected chi connectivity index (χ4v) is 6.77. The molecule has 5 aromatic rings. The summed E-state index contributed by atoms with van der Waals surface area (Å²) in [5.41, 5.74) is 1.95. The Labute approximate surface area is 214 Å². The first-order valence-corrected chi connectivity index (χ1v) is 13.1. The molecule has 35 heavy (non-hydrogen) atoms. The van der Waals surface area contributed by atoms with Gasteiger partial charge in [-0.3, -0.25) is 0 Å². The molecule has 0 unspecified atom stereocenters. The maximum absolute atomic E-state index is 11.1. The molecule has 5 rings (SSSR count). The Morgan fingerprint density at radius 3 is 1.80 bits per heavy atom. The topological polar surface area (TPSA) is 64.3 Å². The van der Waals surface area contributed by atoms with Gasteiger partial charge in [0.1, 0.15) is 16.6 Å². The maximum atomic E-state index is 11.1. The van der Waals surface area contributed by atoms with Crippen molar-refractivity contribution in [2.75, 3.05) is 4.90 Å². The van der Waals surface area contributed by atoms with Crippen LogP contribution in [-0.4, -0.2) is 11.1 Å². The second-order valence-corrected chi connectivity index (χ2v) is 10.7. The van der Waals surface area contributed by atoms with Crippen molar-refractivity contribution in [3.63, 3.8) is 0 Å². The Morgan fingerprint density at radius 1 is 0.714 bits per heavy atom. The van der Waals surface area contributed by atoms with Crippen molar-refractivity contribution in [3.8, 4) is 25.6 Å². The van der Waals surface area contributed by atoms with Gasteiger partial charge in [-0.05, 0) is 66.7 Å². The number of carboxylic acids is 1. The summed E-state index contributed by atoms with van der Waals surface area (Å²) in [6, 6.07) is 34.7. The molecular weight excluding hydrogens is 493 g/mol. The molecule has 3 aromatic heterocycles. The summed E-state index contributed by atoms with van der Waals surface area (Å²) in [5, 5.41) is 19.2. The average Bonchev–Trinajstić information content (AvgIpc) is 3.64. The van der Waals surface area contributed by atoms with Crippen LogP contribution in [0.3, 0.4) is 0 Å². The SMILES string of the molecule is N#CC(=Cc1ccc(-c2ccc(-c3ccc(N(c4ccccc4)c4ccccc4)s3)s2)s1)C(=O)O. The second kappa shape index (κ2) is 10.1. The summed E-state index contributed by atoms with van der Waals surface area (Å²) >= 11 is 4.92. The number of hydrogen-bond acceptors (Lipinski definition) is 6. The lowest BCUT2D eigenvalue weighted by atomic mass is 10.2. The number of para-hydroxylation sites is 2. The Hall–Kier alpha value is -3.96. The van der Waals surface area contributed by atoms with Crippen LogP contribution in [0.4, 0.5) is 16.4 Å². The van der Waals surface area contributed by atoms with Gasteiger partial charge in [-0.15, -0.1) is 34.0 Å². The van der Waals surface area contributed by atoms with Gasteiger partial charge in [-0.25, -0.2) is 4.79 Å². The predicted molar refractivity (Wildman–Crippen MR) is 147 cm³/mol. The molecule has 4 nitrogen and oxygen atoms in total. The molecular formula is C28H18N2O2S3. The summed E-state index contributed by atoms with van der Waals surface area (Å²) in [4.78, 5) is 18.6. The molecule has 0 amide bonds. The van der Waals surface area contributed by atoms with Crippen molar-refractivity contribution in [1.82, 2.24) is 0 Å². The van der Waals surface area contributed by atoms with Gasteiger partial charge in [-0.2, -0.15) is 5.26 Å². The molecule has 3 heterocycles. The first kappa shape index (κ1) is 22.8. The number of thiophene rings is 3. The lowest BCUT2D eigenvalue weighted by molar-refractivity contribution is -0.132. The molecule has 0 atom stereocenters. The molecule has 0 aliphatic carbocycles. The van der Waals surface area contributed by atoms with Gasteiger partial charge in [0.05, 0.1) is 0 Å². The standard InChI is InChI=1S/C28H18N2O2S3/c29-18-19(28(31)32)17-22-11-12-23(33-22)24-13-14-25(34-24)26-15-16-27(35-26)30(20-7-3-1-4-8-20)21-9-5-2-6-10-21/h1-17H,(H,31,32). The third-order valence-electron chi connectivity index (χ3n) is 5.20. The minimum Gasteiger partial charge on any atom is -0.477 e. The number of carboxylic acid groups (broad SMARTS) is 1. The number of nitriles is 1. The van der Waals surface area contributed by atoms with Crippen LogP contribution in [0.1, 0.15) is 4.88 Å². The summed E-state index contributed by atoms with van der Waals surface area (Å²) in [5.74, 6) is -1.21. The summed E-state index contributed by atoms with van der Waals surface area (Å²) in [7, 11) is 0. The smallest absolute Gasteiger partial charge is 0.346 e. The molecule has 0 aliphatic heterocycles. The van der Waals surface area contributed by atoms with Crippen LogP contribution in [0.5, 0.6) is 0 Å². The summed E-state index contributed by atoms with van der Waals surface area (Å²) < 4.78 is 0. The molecule has 0 saturated carbocycles. The number of aliphatic carboxylic acids is 1. The Balaban J connectivity index is 1.44. The lowest BCUT2D eigenvalue weighted by Gasteiger charge is -2.23. The molecule has 1 N–H and O–H groups in total. The quantitative estimate of drug-likeness (QED) is 0.176. The van der Waals surface area contributed by atoms with Gasteiger partial charge >= 0.3 is 5.97 Å². The fraction of sp³-hybridized carbons (Fsp3) is 0. The third kappa shape index (κ3) is 4.96. The van der Waals surface area contributed by atoms with Gasteiger partial charge in [0.2, 0.25) is 0 Å². The second-order valence-electron chi connectivity index (χ2n) is 7.49. The molecule has 0 radical (unpaired) electrons. The van der Waals surface area contributed by atoms with Crippen molar-refractivity contribution in [3.05, 3.63) is 108 Å². The number of nitrogens with zero attached hydrogens (tertiary/aromatic N) is 2. The van der Waals surface area contributed by atoms with E-state index < -0.39 is 5.97 Å². The van der Waals surface area contributed by atoms with E-state index in [1.807, 2.05) is 48.5 Å². The van der Waals surface area contributed by atoms with Gasteiger partial charge in [0.15, 0.2) is 0 Å². The van der Waals surface area contributed by atoms with E-state index in [0.29, 0.717) is 0 Å². The first-order valence-electron chi connectivity index (χ1n) is 10.7. The minimum atomic E-state index is -1.21. The normalized spacial score (nSPS) is 11.2. The maximum Gasteiger partial charge on any atom is 0.346 e. The zero-order valence-corrected chi connectivity index (χ0v) is 20.7. The van der Waals surface area contributed by atoms with Crippen LogP contribution in [-0.2, 0) is 4.79 Å². The van der Waals surface area contributed by atoms with Crippen molar-refractivity contribution in [1.29, 1.82) is 5.26 Å². The van der Waals surface area contributed by atoms with E-state index >= 15 is 0 Å². The summed E-state index contributed by atoms with van der Waals surface area (Å²) in [6.07, 6.45) is 1.41. The van der Waals surface area contributed by atoms with Crippen LogP contribution >= 0.6 is 34.0 Å². The van der Waals surface area contributed by atoms with Crippen LogP contribution < -0.4 is 4.90 Å². The van der Waals surface area contributed by atoms with Crippen molar-refractivity contribution >= 4 is 62.4 Å². The summed E-state index contributed by atoms with van der Waals surface area (Å²) in [6.45, 7) is 0. The highest BCUT2D eigenvalue weighted by molar-refractivity contribution is 7.27. The van der Waals surface area contributed by atoms with Gasteiger partial charge in [-0.1, -0.05) is 36.4 Å². The van der Waals surface area contributed by atoms with Gasteiger partial charge in [0, 0.05) is 35.8 Å². The Morgan fingerprint density at radius 2 is 1.23 bits per heavy atom. The highest BCUT2D eigenvalue weighted by Crippen LogP contribution is 2.45. The van der Waals surface area contributed by atoms with Crippen LogP contribution in [0.15, 0.2) is 103 Å². The van der Waals surface area contributed by atoms with Gasteiger partial charge in [0.25, 0.3) is 0 Å². The van der Waals surface area contributed by atoms with E-state index in [2.05, 4.69) is 53.4 Å². The van der Waals surface area contributed by atoms with E-state index in [-0.39, 0.29) is 5.57 Å². The van der Waals surface area contributed by atoms with E-state index in [0.717, 1.165) is 31.0 Å². The van der Waals surface area contributed by atoms with Crippen LogP contribution in [0.25, 0.3) is 25.6 Å². The zero-order chi connectivity index (χ0) is 24.2. The monoisotopic (exact) mass is 510 g/mol. The molecule has 170 valence electrons. The Bertz CT molecular complexity index is 1500. The first-order chi connectivity index (χ1) is 17.1. The minimum absolute atomic E-state index is 0.266. The van der Waals surface area contributed by atoms with E-state index in [1.54, 1.807) is 28.7 Å². The van der Waals surface area contributed by atoms with Crippen molar-refractivity contribution in [2.45, 2.75) is 0 Å². The molecule has 7 heteroatoms. The number of anilines is 3. The van der Waals surface area contributed by atoms with E-state index in [4.69, 9.17) is 10.4 Å². The molecule has 0 aliphatic rings. The number of benzene rings is 2. The van der Waals surface area contributed by atoms with Crippen LogP contribution in [0.2, 0.25) is 0 Å². The molecule has 2 aromatic carbocycles. The molecule has 0 fully saturated rings. The highest BCUT2D eigenvalue weighted by atomic mass is 32.1. The van der Waals surface area contributed by atoms with Crippen molar-refractivity contribution in [2.24, 2.45) is 0 Å². The molecule has 0 bridgehead atoms. The zero-order valence-electron chi connectivity index (χ0n) is 18.3. The lowest BCUT2D eigenvalue weighted by Crippen LogP contribution is -2.07. The molecule has 0 spiro atoms. The van der Waals surface area contributed by atoms with E-state index in [9.17, 15) is 4.79 Å². The van der Waals surface area contributed by atoms with E-state index in [1.165, 1.54) is 27.2 Å². The number of carbonyl (C=O) groups is 1. The largest absolute Gasteiger partial charge is 0.477 e. The number of rotatable bonds is 7. The number of hydrogen-bond donors (Lipinski definition) is 1. The fourth-order valence-electron chi connectivity index (χ4n) is 3.59. The van der Waals surface area contributed by atoms with Crippen LogP contribution in [0, 0.1) is 11.3 Å². The Kier molecular flexibility index (Phi) is 6.59. The van der Waals surface area contributed by atoms with Gasteiger partial charge < -0.3 is 10.0 Å². The predicted octanol–water partition coefficient (Wildman–Crippen LogP) is 8.67. The third-order valence-corrected chi connectivity index (χ3v) is 8.78.